The minimum absolute atomic E-state index is 0.0530. The maximum Gasteiger partial charge on any atom is 0.146 e. The van der Waals surface area contributed by atoms with Gasteiger partial charge in [0.1, 0.15) is 5.83 Å². The van der Waals surface area contributed by atoms with E-state index in [-0.39, 0.29) is 12.0 Å². The van der Waals surface area contributed by atoms with Gasteiger partial charge in [0.05, 0.1) is 28.5 Å². The number of allylic oxidation sites excluding steroid dienone is 11. The van der Waals surface area contributed by atoms with Crippen LogP contribution in [-0.2, 0) is 0 Å². The molecule has 2 atom stereocenters. The number of hydrogen-bond acceptors (Lipinski definition) is 3. The first-order valence-corrected chi connectivity index (χ1v) is 15.4. The van der Waals surface area contributed by atoms with Crippen LogP contribution >= 0.6 is 0 Å². The zero-order chi connectivity index (χ0) is 32.2. The Labute approximate surface area is 265 Å². The fraction of sp³-hybridized carbons (Fsp3) is 0.150. The smallest absolute Gasteiger partial charge is 0.146 e. The predicted octanol–water partition coefficient (Wildman–Crippen LogP) is 10.4. The Balaban J connectivity index is 0.00000196. The van der Waals surface area contributed by atoms with Gasteiger partial charge < -0.3 is 20.9 Å². The molecule has 0 bridgehead atoms. The number of benzene rings is 3. The van der Waals surface area contributed by atoms with Crippen LogP contribution < -0.4 is 16.4 Å². The Morgan fingerprint density at radius 3 is 2.33 bits per heavy atom. The lowest BCUT2D eigenvalue weighted by atomic mass is 9.91. The third-order valence-electron chi connectivity index (χ3n) is 8.16. The Morgan fingerprint density at radius 1 is 0.911 bits per heavy atom. The molecule has 5 heteroatoms. The molecule has 0 fully saturated rings. The van der Waals surface area contributed by atoms with E-state index in [1.54, 1.807) is 0 Å². The third-order valence-corrected chi connectivity index (χ3v) is 8.16. The molecule has 6 rings (SSSR count). The second-order valence-electron chi connectivity index (χ2n) is 11.0. The van der Waals surface area contributed by atoms with Gasteiger partial charge in [-0.2, -0.15) is 0 Å². The molecule has 0 spiro atoms. The van der Waals surface area contributed by atoms with E-state index in [9.17, 15) is 0 Å². The molecule has 4 aromatic rings. The van der Waals surface area contributed by atoms with Gasteiger partial charge >= 0.3 is 0 Å². The van der Waals surface area contributed by atoms with Crippen LogP contribution in [0.15, 0.2) is 151 Å². The van der Waals surface area contributed by atoms with Crippen molar-refractivity contribution in [1.82, 2.24) is 4.57 Å². The number of rotatable bonds is 7. The van der Waals surface area contributed by atoms with Gasteiger partial charge in [0, 0.05) is 39.3 Å². The van der Waals surface area contributed by atoms with E-state index < -0.39 is 5.83 Å². The van der Waals surface area contributed by atoms with Crippen LogP contribution in [0.3, 0.4) is 0 Å². The highest BCUT2D eigenvalue weighted by atomic mass is 19.1. The Kier molecular flexibility index (Phi) is 9.10. The zero-order valence-corrected chi connectivity index (χ0v) is 26.5. The largest absolute Gasteiger partial charge is 0.399 e. The van der Waals surface area contributed by atoms with E-state index in [1.807, 2.05) is 118 Å². The van der Waals surface area contributed by atoms with Crippen molar-refractivity contribution in [3.63, 3.8) is 0 Å². The van der Waals surface area contributed by atoms with Gasteiger partial charge in [-0.05, 0) is 67.5 Å². The molecule has 1 aliphatic heterocycles. The van der Waals surface area contributed by atoms with Crippen molar-refractivity contribution in [2.24, 2.45) is 0 Å². The predicted molar refractivity (Wildman–Crippen MR) is 194 cm³/mol. The van der Waals surface area contributed by atoms with E-state index in [2.05, 4.69) is 42.0 Å². The van der Waals surface area contributed by atoms with E-state index in [0.717, 1.165) is 49.9 Å². The van der Waals surface area contributed by atoms with Crippen LogP contribution in [0.2, 0.25) is 0 Å². The summed E-state index contributed by atoms with van der Waals surface area (Å²) < 4.78 is 18.5. The van der Waals surface area contributed by atoms with Crippen molar-refractivity contribution in [1.29, 1.82) is 0 Å². The molecular weight excluding hydrogens is 555 g/mol. The van der Waals surface area contributed by atoms with Crippen LogP contribution in [0.1, 0.15) is 39.2 Å². The normalized spacial score (nSPS) is 18.1. The van der Waals surface area contributed by atoms with E-state index in [0.29, 0.717) is 17.1 Å². The topological polar surface area (TPSA) is 60.2 Å². The number of para-hydroxylation sites is 1. The first-order chi connectivity index (χ1) is 21.8. The van der Waals surface area contributed by atoms with Crippen LogP contribution in [-0.4, -0.2) is 10.6 Å². The molecule has 2 heterocycles. The SMILES string of the molecule is C=C\C(F)=C(/C=C(/C(=C/C=C\C)C(=C)C)n1c2ccccc2c2ccc(N)cc21)N1c2cc(N)ccc2C2C=CC=CC21.CC. The highest BCUT2D eigenvalue weighted by Gasteiger charge is 2.39. The van der Waals surface area contributed by atoms with Gasteiger partial charge in [0.25, 0.3) is 0 Å². The van der Waals surface area contributed by atoms with Crippen molar-refractivity contribution >= 4 is 44.6 Å². The van der Waals surface area contributed by atoms with Crippen molar-refractivity contribution < 1.29 is 4.39 Å². The van der Waals surface area contributed by atoms with Crippen LogP contribution in [0, 0.1) is 0 Å². The molecule has 0 saturated carbocycles. The number of halogens is 1. The van der Waals surface area contributed by atoms with Crippen molar-refractivity contribution in [3.05, 3.63) is 157 Å². The van der Waals surface area contributed by atoms with Crippen molar-refractivity contribution in [2.75, 3.05) is 16.4 Å². The second-order valence-corrected chi connectivity index (χ2v) is 11.0. The number of nitrogens with zero attached hydrogens (tertiary/aromatic N) is 2. The molecule has 0 saturated heterocycles. The summed E-state index contributed by atoms with van der Waals surface area (Å²) in [5.74, 6) is -0.390. The van der Waals surface area contributed by atoms with Gasteiger partial charge in [-0.25, -0.2) is 4.39 Å². The number of anilines is 3. The maximum absolute atomic E-state index is 16.3. The van der Waals surface area contributed by atoms with Crippen LogP contribution in [0.4, 0.5) is 21.5 Å². The summed E-state index contributed by atoms with van der Waals surface area (Å²) in [6.45, 7) is 16.1. The minimum Gasteiger partial charge on any atom is -0.399 e. The summed E-state index contributed by atoms with van der Waals surface area (Å²) in [6.07, 6.45) is 17.5. The summed E-state index contributed by atoms with van der Waals surface area (Å²) in [7, 11) is 0. The molecule has 4 nitrogen and oxygen atoms in total. The Bertz CT molecular complexity index is 1980. The van der Waals surface area contributed by atoms with Crippen molar-refractivity contribution in [2.45, 2.75) is 39.7 Å². The summed E-state index contributed by atoms with van der Waals surface area (Å²) in [5.41, 5.74) is 20.6. The number of nitrogen functional groups attached to an aromatic ring is 2. The molecule has 2 aliphatic rings. The first-order valence-electron chi connectivity index (χ1n) is 15.4. The number of fused-ring (bicyclic) bond motifs is 6. The fourth-order valence-electron chi connectivity index (χ4n) is 6.27. The number of nitrogens with two attached hydrogens (primary N) is 2. The molecular formula is C40H41FN4. The van der Waals surface area contributed by atoms with Crippen molar-refractivity contribution in [3.8, 4) is 0 Å². The lowest BCUT2D eigenvalue weighted by molar-refractivity contribution is 0.638. The molecule has 228 valence electrons. The average Bonchev–Trinajstić information content (AvgIpc) is 3.55. The molecule has 2 unspecified atom stereocenters. The zero-order valence-electron chi connectivity index (χ0n) is 26.5. The van der Waals surface area contributed by atoms with E-state index in [4.69, 9.17) is 11.5 Å². The van der Waals surface area contributed by atoms with E-state index in [1.165, 1.54) is 6.08 Å². The lowest BCUT2D eigenvalue weighted by Gasteiger charge is -2.30. The molecule has 45 heavy (non-hydrogen) atoms. The van der Waals surface area contributed by atoms with Crippen LogP contribution in [0.5, 0.6) is 0 Å². The lowest BCUT2D eigenvalue weighted by Crippen LogP contribution is -2.32. The first kappa shape index (κ1) is 31.1. The monoisotopic (exact) mass is 596 g/mol. The van der Waals surface area contributed by atoms with Gasteiger partial charge in [-0.3, -0.25) is 0 Å². The maximum atomic E-state index is 16.3. The van der Waals surface area contributed by atoms with Gasteiger partial charge in [0.2, 0.25) is 0 Å². The third kappa shape index (κ3) is 5.58. The molecule has 0 amide bonds. The molecule has 3 aromatic carbocycles. The fourth-order valence-corrected chi connectivity index (χ4v) is 6.27. The number of aromatic nitrogens is 1. The quantitative estimate of drug-likeness (QED) is 0.165. The Hall–Kier alpha value is -5.29. The van der Waals surface area contributed by atoms with E-state index >= 15 is 4.39 Å². The average molecular weight is 597 g/mol. The minimum atomic E-state index is -0.443. The summed E-state index contributed by atoms with van der Waals surface area (Å²) >= 11 is 0. The summed E-state index contributed by atoms with van der Waals surface area (Å²) in [4.78, 5) is 2.04. The highest BCUT2D eigenvalue weighted by molar-refractivity contribution is 6.11. The van der Waals surface area contributed by atoms with Gasteiger partial charge in [-0.15, -0.1) is 0 Å². The standard InChI is InChI=1S/C38H35FN4.C2H6/c1-5-7-12-27(24(3)4)37(42-33-15-10-8-13-28(33)30-19-17-25(40)21-35(30)42)23-38(32(39)6-2)43-34-16-11-9-14-29(34)31-20-18-26(41)22-36(31)43;1-2/h5-23,29,34H,2-3,40-41H2,1,4H3;1-2H3/b7-5-,27-12+,37-23-,38-32-;. The molecule has 1 aliphatic carbocycles. The molecule has 4 N–H and O–H groups in total. The summed E-state index contributed by atoms with van der Waals surface area (Å²) in [6, 6.07) is 19.9. The molecule has 1 aromatic heterocycles. The van der Waals surface area contributed by atoms with Crippen LogP contribution in [0.25, 0.3) is 27.5 Å². The highest BCUT2D eigenvalue weighted by Crippen LogP contribution is 2.48. The number of hydrogen-bond donors (Lipinski definition) is 2. The molecule has 0 radical (unpaired) electrons. The van der Waals surface area contributed by atoms with Gasteiger partial charge in [0.15, 0.2) is 0 Å². The summed E-state index contributed by atoms with van der Waals surface area (Å²) in [5, 5.41) is 2.13. The Morgan fingerprint density at radius 2 is 1.60 bits per heavy atom. The van der Waals surface area contributed by atoms with Gasteiger partial charge in [-0.1, -0.05) is 99.9 Å². The second kappa shape index (κ2) is 13.1.